The van der Waals surface area contributed by atoms with E-state index in [4.69, 9.17) is 20.5 Å². The van der Waals surface area contributed by atoms with E-state index >= 15 is 0 Å². The van der Waals surface area contributed by atoms with Crippen LogP contribution in [0.3, 0.4) is 0 Å². The number of nitrogens with zero attached hydrogens (tertiary/aromatic N) is 1. The molecular formula is C17H15FN2O3. The van der Waals surface area contributed by atoms with E-state index in [-0.39, 0.29) is 12.2 Å². The SMILES string of the molecule is C[C@H](Oc1ccc(OCc2ccc(F)cc2C#N)cc1)C(N)=O. The molecule has 2 N–H and O–H groups in total. The highest BCUT2D eigenvalue weighted by Gasteiger charge is 2.10. The van der Waals surface area contributed by atoms with Gasteiger partial charge in [0.1, 0.15) is 23.9 Å². The number of rotatable bonds is 6. The van der Waals surface area contributed by atoms with E-state index in [2.05, 4.69) is 0 Å². The fourth-order valence-electron chi connectivity index (χ4n) is 1.82. The Hall–Kier alpha value is -3.07. The third-order valence-electron chi connectivity index (χ3n) is 3.12. The predicted octanol–water partition coefficient (Wildman–Crippen LogP) is 2.53. The first-order valence-corrected chi connectivity index (χ1v) is 6.87. The Morgan fingerprint density at radius 1 is 1.26 bits per heavy atom. The lowest BCUT2D eigenvalue weighted by atomic mass is 10.1. The average molecular weight is 314 g/mol. The first-order valence-electron chi connectivity index (χ1n) is 6.87. The monoisotopic (exact) mass is 314 g/mol. The first-order chi connectivity index (χ1) is 11.0. The second kappa shape index (κ2) is 7.27. The summed E-state index contributed by atoms with van der Waals surface area (Å²) in [7, 11) is 0. The summed E-state index contributed by atoms with van der Waals surface area (Å²) in [6, 6.07) is 12.5. The van der Waals surface area contributed by atoms with Crippen LogP contribution in [0.15, 0.2) is 42.5 Å². The second-order valence-electron chi connectivity index (χ2n) is 4.84. The number of hydrogen-bond acceptors (Lipinski definition) is 4. The maximum Gasteiger partial charge on any atom is 0.258 e. The minimum Gasteiger partial charge on any atom is -0.489 e. The predicted molar refractivity (Wildman–Crippen MR) is 81.2 cm³/mol. The zero-order chi connectivity index (χ0) is 16.8. The molecule has 0 saturated heterocycles. The number of amides is 1. The van der Waals surface area contributed by atoms with E-state index in [0.29, 0.717) is 17.1 Å². The summed E-state index contributed by atoms with van der Waals surface area (Å²) in [5.41, 5.74) is 5.95. The maximum atomic E-state index is 13.1. The Morgan fingerprint density at radius 2 is 1.91 bits per heavy atom. The van der Waals surface area contributed by atoms with Gasteiger partial charge in [0.25, 0.3) is 5.91 Å². The van der Waals surface area contributed by atoms with Crippen molar-refractivity contribution in [2.45, 2.75) is 19.6 Å². The minimum atomic E-state index is -0.723. The molecule has 0 aliphatic rings. The molecule has 0 unspecified atom stereocenters. The molecule has 1 atom stereocenters. The summed E-state index contributed by atoms with van der Waals surface area (Å²) in [6.45, 7) is 1.70. The van der Waals surface area contributed by atoms with E-state index in [0.717, 1.165) is 0 Å². The molecule has 2 aromatic rings. The van der Waals surface area contributed by atoms with Gasteiger partial charge in [0.15, 0.2) is 6.10 Å². The molecule has 6 heteroatoms. The smallest absolute Gasteiger partial charge is 0.258 e. The molecule has 1 amide bonds. The summed E-state index contributed by atoms with van der Waals surface area (Å²) >= 11 is 0. The van der Waals surface area contributed by atoms with Gasteiger partial charge in [-0.25, -0.2) is 4.39 Å². The van der Waals surface area contributed by atoms with Gasteiger partial charge in [-0.2, -0.15) is 5.26 Å². The number of nitrogens with two attached hydrogens (primary N) is 1. The van der Waals surface area contributed by atoms with Crippen molar-refractivity contribution in [3.05, 3.63) is 59.4 Å². The van der Waals surface area contributed by atoms with E-state index in [1.165, 1.54) is 18.2 Å². The molecule has 0 heterocycles. The molecule has 0 saturated carbocycles. The summed E-state index contributed by atoms with van der Waals surface area (Å²) in [6.07, 6.45) is -0.723. The molecule has 2 rings (SSSR count). The molecule has 0 aliphatic carbocycles. The number of nitriles is 1. The largest absolute Gasteiger partial charge is 0.489 e. The van der Waals surface area contributed by atoms with Gasteiger partial charge in [0, 0.05) is 5.56 Å². The Morgan fingerprint density at radius 3 is 2.52 bits per heavy atom. The number of carbonyl (C=O) groups is 1. The van der Waals surface area contributed by atoms with Crippen molar-refractivity contribution < 1.29 is 18.7 Å². The van der Waals surface area contributed by atoms with Crippen LogP contribution in [0.4, 0.5) is 4.39 Å². The number of carbonyl (C=O) groups excluding carboxylic acids is 1. The van der Waals surface area contributed by atoms with Crippen LogP contribution < -0.4 is 15.2 Å². The van der Waals surface area contributed by atoms with Crippen molar-refractivity contribution in [2.24, 2.45) is 5.73 Å². The van der Waals surface area contributed by atoms with Crippen molar-refractivity contribution in [2.75, 3.05) is 0 Å². The standard InChI is InChI=1S/C17H15FN2O3/c1-11(17(20)21)23-16-6-4-15(5-7-16)22-10-12-2-3-14(18)8-13(12)9-19/h2-8,11H,10H2,1H3,(H2,20,21)/t11-/m0/s1. The lowest BCUT2D eigenvalue weighted by Gasteiger charge is -2.12. The topological polar surface area (TPSA) is 85.3 Å². The van der Waals surface area contributed by atoms with Crippen LogP contribution in [0.25, 0.3) is 0 Å². The van der Waals surface area contributed by atoms with Gasteiger partial charge >= 0.3 is 0 Å². The van der Waals surface area contributed by atoms with Crippen molar-refractivity contribution in [1.82, 2.24) is 0 Å². The van der Waals surface area contributed by atoms with E-state index in [9.17, 15) is 9.18 Å². The number of ether oxygens (including phenoxy) is 2. The zero-order valence-electron chi connectivity index (χ0n) is 12.5. The van der Waals surface area contributed by atoms with Gasteiger partial charge in [-0.15, -0.1) is 0 Å². The minimum absolute atomic E-state index is 0.140. The lowest BCUT2D eigenvalue weighted by Crippen LogP contribution is -2.30. The summed E-state index contributed by atoms with van der Waals surface area (Å²) in [4.78, 5) is 10.9. The average Bonchev–Trinajstić information content (AvgIpc) is 2.54. The van der Waals surface area contributed by atoms with Gasteiger partial charge in [0.05, 0.1) is 11.6 Å². The van der Waals surface area contributed by atoms with E-state index in [1.807, 2.05) is 6.07 Å². The number of hydrogen-bond donors (Lipinski definition) is 1. The number of primary amides is 1. The second-order valence-corrected chi connectivity index (χ2v) is 4.84. The van der Waals surface area contributed by atoms with Gasteiger partial charge in [-0.3, -0.25) is 4.79 Å². The third-order valence-corrected chi connectivity index (χ3v) is 3.12. The van der Waals surface area contributed by atoms with Crippen LogP contribution in [0.2, 0.25) is 0 Å². The Kier molecular flexibility index (Phi) is 5.15. The van der Waals surface area contributed by atoms with Crippen LogP contribution in [-0.2, 0) is 11.4 Å². The quantitative estimate of drug-likeness (QED) is 0.888. The van der Waals surface area contributed by atoms with Crippen molar-refractivity contribution in [3.8, 4) is 17.6 Å². The summed E-state index contributed by atoms with van der Waals surface area (Å²) < 4.78 is 24.0. The molecular weight excluding hydrogens is 299 g/mol. The van der Waals surface area contributed by atoms with Crippen molar-refractivity contribution >= 4 is 5.91 Å². The molecule has 0 bridgehead atoms. The fraction of sp³-hybridized carbons (Fsp3) is 0.176. The highest BCUT2D eigenvalue weighted by Crippen LogP contribution is 2.20. The van der Waals surface area contributed by atoms with Crippen LogP contribution >= 0.6 is 0 Å². The van der Waals surface area contributed by atoms with Crippen LogP contribution in [0.1, 0.15) is 18.1 Å². The molecule has 0 aromatic heterocycles. The van der Waals surface area contributed by atoms with E-state index < -0.39 is 17.8 Å². The lowest BCUT2D eigenvalue weighted by molar-refractivity contribution is -0.123. The number of halogens is 1. The Bertz CT molecular complexity index is 738. The molecule has 23 heavy (non-hydrogen) atoms. The molecule has 2 aromatic carbocycles. The van der Waals surface area contributed by atoms with Crippen LogP contribution in [0.5, 0.6) is 11.5 Å². The highest BCUT2D eigenvalue weighted by molar-refractivity contribution is 5.78. The summed E-state index contributed by atoms with van der Waals surface area (Å²) in [5.74, 6) is 0.0291. The fourth-order valence-corrected chi connectivity index (χ4v) is 1.82. The third kappa shape index (κ3) is 4.45. The molecule has 0 spiro atoms. The Labute approximate surface area is 133 Å². The van der Waals surface area contributed by atoms with Gasteiger partial charge in [0.2, 0.25) is 0 Å². The molecule has 5 nitrogen and oxygen atoms in total. The van der Waals surface area contributed by atoms with Crippen molar-refractivity contribution in [1.29, 1.82) is 5.26 Å². The van der Waals surface area contributed by atoms with Gasteiger partial charge in [-0.1, -0.05) is 6.07 Å². The first kappa shape index (κ1) is 16.3. The van der Waals surface area contributed by atoms with E-state index in [1.54, 1.807) is 31.2 Å². The maximum absolute atomic E-state index is 13.1. The van der Waals surface area contributed by atoms with Crippen LogP contribution in [-0.4, -0.2) is 12.0 Å². The molecule has 0 aliphatic heterocycles. The molecule has 118 valence electrons. The van der Waals surface area contributed by atoms with Crippen LogP contribution in [0, 0.1) is 17.1 Å². The van der Waals surface area contributed by atoms with Crippen molar-refractivity contribution in [3.63, 3.8) is 0 Å². The number of benzene rings is 2. The molecule has 0 radical (unpaired) electrons. The highest BCUT2D eigenvalue weighted by atomic mass is 19.1. The van der Waals surface area contributed by atoms with Gasteiger partial charge in [-0.05, 0) is 43.3 Å². The Balaban J connectivity index is 1.99. The summed E-state index contributed by atoms with van der Waals surface area (Å²) in [5, 5.41) is 8.98. The molecule has 0 fully saturated rings. The normalized spacial score (nSPS) is 11.3. The van der Waals surface area contributed by atoms with Gasteiger partial charge < -0.3 is 15.2 Å². The zero-order valence-corrected chi connectivity index (χ0v) is 12.5.